The number of aromatic nitrogens is 3. The molecule has 0 aromatic carbocycles. The lowest BCUT2D eigenvalue weighted by molar-refractivity contribution is 0.178. The van der Waals surface area contributed by atoms with Gasteiger partial charge in [-0.3, -0.25) is 0 Å². The molecule has 1 unspecified atom stereocenters. The van der Waals surface area contributed by atoms with Gasteiger partial charge in [-0.15, -0.1) is 5.10 Å². The first kappa shape index (κ1) is 14.1. The van der Waals surface area contributed by atoms with Crippen molar-refractivity contribution in [3.8, 4) is 0 Å². The quantitative estimate of drug-likeness (QED) is 0.643. The van der Waals surface area contributed by atoms with Crippen LogP contribution in [0.4, 0.5) is 0 Å². The fraction of sp³-hybridized carbons (Fsp3) is 0.818. The van der Waals surface area contributed by atoms with Crippen molar-refractivity contribution in [2.75, 3.05) is 34.0 Å². The van der Waals surface area contributed by atoms with E-state index in [4.69, 9.17) is 9.47 Å². The second-order valence-electron chi connectivity index (χ2n) is 3.99. The molecule has 1 aromatic rings. The van der Waals surface area contributed by atoms with Gasteiger partial charge in [0.25, 0.3) is 0 Å². The van der Waals surface area contributed by atoms with Crippen molar-refractivity contribution in [3.63, 3.8) is 0 Å². The van der Waals surface area contributed by atoms with Gasteiger partial charge in [-0.25, -0.2) is 4.68 Å². The van der Waals surface area contributed by atoms with Crippen LogP contribution in [0.15, 0.2) is 6.20 Å². The first-order valence-corrected chi connectivity index (χ1v) is 5.87. The van der Waals surface area contributed by atoms with Crippen LogP contribution in [0.1, 0.15) is 25.1 Å². The van der Waals surface area contributed by atoms with Crippen molar-refractivity contribution in [2.24, 2.45) is 0 Å². The number of hydrogen-bond donors (Lipinski definition) is 1. The molecule has 98 valence electrons. The Kier molecular flexibility index (Phi) is 6.76. The SMILES string of the molecule is COCCNCc1cn(C(C)CCOC)nn1. The Morgan fingerprint density at radius 1 is 1.35 bits per heavy atom. The van der Waals surface area contributed by atoms with Crippen molar-refractivity contribution >= 4 is 0 Å². The first-order valence-electron chi connectivity index (χ1n) is 5.87. The minimum absolute atomic E-state index is 0.315. The van der Waals surface area contributed by atoms with E-state index in [9.17, 15) is 0 Å². The molecule has 1 aromatic heterocycles. The van der Waals surface area contributed by atoms with Crippen LogP contribution in [0.3, 0.4) is 0 Å². The van der Waals surface area contributed by atoms with Gasteiger partial charge in [0.05, 0.1) is 24.5 Å². The minimum Gasteiger partial charge on any atom is -0.385 e. The lowest BCUT2D eigenvalue weighted by atomic mass is 10.2. The molecule has 0 saturated heterocycles. The highest BCUT2D eigenvalue weighted by Crippen LogP contribution is 2.08. The van der Waals surface area contributed by atoms with E-state index < -0.39 is 0 Å². The Bertz CT molecular complexity index is 303. The smallest absolute Gasteiger partial charge is 0.0964 e. The van der Waals surface area contributed by atoms with Crippen LogP contribution in [-0.4, -0.2) is 49.0 Å². The van der Waals surface area contributed by atoms with E-state index in [-0.39, 0.29) is 0 Å². The number of rotatable bonds is 9. The summed E-state index contributed by atoms with van der Waals surface area (Å²) in [5, 5.41) is 11.5. The van der Waals surface area contributed by atoms with Gasteiger partial charge in [0.15, 0.2) is 0 Å². The third kappa shape index (κ3) is 5.25. The molecule has 0 radical (unpaired) electrons. The fourth-order valence-electron chi connectivity index (χ4n) is 1.42. The van der Waals surface area contributed by atoms with Crippen LogP contribution in [-0.2, 0) is 16.0 Å². The fourth-order valence-corrected chi connectivity index (χ4v) is 1.42. The maximum absolute atomic E-state index is 5.04. The van der Waals surface area contributed by atoms with E-state index in [1.807, 2.05) is 10.9 Å². The minimum atomic E-state index is 0.315. The van der Waals surface area contributed by atoms with E-state index >= 15 is 0 Å². The van der Waals surface area contributed by atoms with E-state index in [1.54, 1.807) is 14.2 Å². The normalized spacial score (nSPS) is 12.9. The lowest BCUT2D eigenvalue weighted by Gasteiger charge is -2.09. The molecule has 6 nitrogen and oxygen atoms in total. The van der Waals surface area contributed by atoms with E-state index in [0.717, 1.165) is 31.8 Å². The summed E-state index contributed by atoms with van der Waals surface area (Å²) in [6, 6.07) is 0.315. The Balaban J connectivity index is 2.31. The number of methoxy groups -OCH3 is 2. The van der Waals surface area contributed by atoms with Crippen LogP contribution in [0.2, 0.25) is 0 Å². The number of nitrogens with zero attached hydrogens (tertiary/aromatic N) is 3. The van der Waals surface area contributed by atoms with Crippen molar-refractivity contribution in [1.82, 2.24) is 20.3 Å². The molecule has 1 heterocycles. The monoisotopic (exact) mass is 242 g/mol. The summed E-state index contributed by atoms with van der Waals surface area (Å²) >= 11 is 0. The highest BCUT2D eigenvalue weighted by Gasteiger charge is 2.07. The van der Waals surface area contributed by atoms with Gasteiger partial charge in [0.1, 0.15) is 0 Å². The Morgan fingerprint density at radius 2 is 2.12 bits per heavy atom. The molecular formula is C11H22N4O2. The zero-order chi connectivity index (χ0) is 12.5. The Hall–Kier alpha value is -0.980. The van der Waals surface area contributed by atoms with Crippen LogP contribution in [0.5, 0.6) is 0 Å². The van der Waals surface area contributed by atoms with Crippen LogP contribution in [0.25, 0.3) is 0 Å². The van der Waals surface area contributed by atoms with Gasteiger partial charge in [-0.1, -0.05) is 5.21 Å². The van der Waals surface area contributed by atoms with Gasteiger partial charge in [-0.05, 0) is 13.3 Å². The Labute approximate surface area is 102 Å². The first-order chi connectivity index (χ1) is 8.27. The van der Waals surface area contributed by atoms with Crippen LogP contribution < -0.4 is 5.32 Å². The maximum Gasteiger partial charge on any atom is 0.0964 e. The number of hydrogen-bond acceptors (Lipinski definition) is 5. The molecule has 0 aliphatic heterocycles. The predicted octanol–water partition coefficient (Wildman–Crippen LogP) is 0.612. The summed E-state index contributed by atoms with van der Waals surface area (Å²) in [6.45, 7) is 5.10. The molecular weight excluding hydrogens is 220 g/mol. The van der Waals surface area contributed by atoms with Crippen molar-refractivity contribution in [2.45, 2.75) is 25.9 Å². The molecule has 6 heteroatoms. The largest absolute Gasteiger partial charge is 0.385 e. The average molecular weight is 242 g/mol. The zero-order valence-electron chi connectivity index (χ0n) is 10.8. The van der Waals surface area contributed by atoms with Crippen molar-refractivity contribution in [3.05, 3.63) is 11.9 Å². The second kappa shape index (κ2) is 8.16. The number of nitrogens with one attached hydrogen (secondary N) is 1. The summed E-state index contributed by atoms with van der Waals surface area (Å²) in [6.07, 6.45) is 2.91. The molecule has 17 heavy (non-hydrogen) atoms. The van der Waals surface area contributed by atoms with Crippen LogP contribution in [0, 0.1) is 0 Å². The summed E-state index contributed by atoms with van der Waals surface area (Å²) in [4.78, 5) is 0. The molecule has 1 atom stereocenters. The standard InChI is InChI=1S/C11H22N4O2/c1-10(4-6-16-2)15-9-11(13-14-15)8-12-5-7-17-3/h9-10,12H,4-8H2,1-3H3. The topological polar surface area (TPSA) is 61.2 Å². The van der Waals surface area contributed by atoms with Gasteiger partial charge in [0, 0.05) is 33.9 Å². The maximum atomic E-state index is 5.04. The molecule has 0 aliphatic carbocycles. The molecule has 0 bridgehead atoms. The number of ether oxygens (including phenoxy) is 2. The van der Waals surface area contributed by atoms with Crippen molar-refractivity contribution < 1.29 is 9.47 Å². The zero-order valence-corrected chi connectivity index (χ0v) is 10.8. The van der Waals surface area contributed by atoms with E-state index in [0.29, 0.717) is 12.6 Å². The predicted molar refractivity (Wildman–Crippen MR) is 64.8 cm³/mol. The summed E-state index contributed by atoms with van der Waals surface area (Å²) in [7, 11) is 3.40. The van der Waals surface area contributed by atoms with Gasteiger partial charge >= 0.3 is 0 Å². The molecule has 0 saturated carbocycles. The van der Waals surface area contributed by atoms with Crippen LogP contribution >= 0.6 is 0 Å². The lowest BCUT2D eigenvalue weighted by Crippen LogP contribution is -2.18. The highest BCUT2D eigenvalue weighted by atomic mass is 16.5. The molecule has 0 fully saturated rings. The molecule has 1 rings (SSSR count). The van der Waals surface area contributed by atoms with E-state index in [1.165, 1.54) is 0 Å². The van der Waals surface area contributed by atoms with Gasteiger partial charge < -0.3 is 14.8 Å². The highest BCUT2D eigenvalue weighted by molar-refractivity contribution is 4.92. The van der Waals surface area contributed by atoms with E-state index in [2.05, 4.69) is 22.6 Å². The third-order valence-corrected chi connectivity index (χ3v) is 2.54. The molecule has 0 spiro atoms. The Morgan fingerprint density at radius 3 is 2.82 bits per heavy atom. The van der Waals surface area contributed by atoms with Crippen molar-refractivity contribution in [1.29, 1.82) is 0 Å². The summed E-state index contributed by atoms with van der Waals surface area (Å²) in [5.41, 5.74) is 0.949. The van der Waals surface area contributed by atoms with Gasteiger partial charge in [-0.2, -0.15) is 0 Å². The molecule has 0 aliphatic rings. The molecule has 0 amide bonds. The second-order valence-corrected chi connectivity index (χ2v) is 3.99. The third-order valence-electron chi connectivity index (χ3n) is 2.54. The van der Waals surface area contributed by atoms with Gasteiger partial charge in [0.2, 0.25) is 0 Å². The summed E-state index contributed by atoms with van der Waals surface area (Å²) < 4.78 is 11.9. The molecule has 1 N–H and O–H groups in total. The average Bonchev–Trinajstić information content (AvgIpc) is 2.80. The summed E-state index contributed by atoms with van der Waals surface area (Å²) in [5.74, 6) is 0.